The van der Waals surface area contributed by atoms with Crippen molar-refractivity contribution >= 4 is 0 Å². The molecule has 0 saturated carbocycles. The predicted octanol–water partition coefficient (Wildman–Crippen LogP) is 6.09. The SMILES string of the molecule is CCCCCCCCCCCCCCCCCCN1CCNCCCNC1. The lowest BCUT2D eigenvalue weighted by molar-refractivity contribution is 0.254. The van der Waals surface area contributed by atoms with Gasteiger partial charge in [0.25, 0.3) is 0 Å². The average Bonchev–Trinajstić information content (AvgIpc) is 2.81. The first-order chi connectivity index (χ1) is 13.4. The molecule has 3 heteroatoms. The van der Waals surface area contributed by atoms with Crippen LogP contribution in [0.1, 0.15) is 116 Å². The molecule has 0 bridgehead atoms. The number of hydrogen-bond donors (Lipinski definition) is 2. The van der Waals surface area contributed by atoms with Crippen LogP contribution >= 0.6 is 0 Å². The van der Waals surface area contributed by atoms with Crippen LogP contribution in [-0.2, 0) is 0 Å². The van der Waals surface area contributed by atoms with Gasteiger partial charge < -0.3 is 10.6 Å². The van der Waals surface area contributed by atoms with E-state index in [0.717, 1.165) is 19.8 Å². The van der Waals surface area contributed by atoms with E-state index in [2.05, 4.69) is 22.5 Å². The molecule has 0 unspecified atom stereocenters. The zero-order chi connectivity index (χ0) is 19.3. The van der Waals surface area contributed by atoms with Gasteiger partial charge in [0, 0.05) is 19.8 Å². The molecule has 0 aromatic heterocycles. The molecule has 0 aliphatic carbocycles. The number of hydrogen-bond acceptors (Lipinski definition) is 3. The van der Waals surface area contributed by atoms with Crippen molar-refractivity contribution in [1.82, 2.24) is 15.5 Å². The fraction of sp³-hybridized carbons (Fsp3) is 1.00. The van der Waals surface area contributed by atoms with Crippen LogP contribution in [0.2, 0.25) is 0 Å². The van der Waals surface area contributed by atoms with E-state index in [9.17, 15) is 0 Å². The summed E-state index contributed by atoms with van der Waals surface area (Å²) in [6.45, 7) is 9.33. The minimum Gasteiger partial charge on any atom is -0.315 e. The zero-order valence-corrected chi connectivity index (χ0v) is 18.7. The van der Waals surface area contributed by atoms with Crippen LogP contribution in [0.25, 0.3) is 0 Å². The van der Waals surface area contributed by atoms with E-state index in [-0.39, 0.29) is 0 Å². The van der Waals surface area contributed by atoms with Gasteiger partial charge in [-0.1, -0.05) is 103 Å². The molecule has 27 heavy (non-hydrogen) atoms. The normalized spacial score (nSPS) is 16.8. The van der Waals surface area contributed by atoms with Gasteiger partial charge in [0.15, 0.2) is 0 Å². The molecule has 1 rings (SSSR count). The molecule has 0 radical (unpaired) electrons. The lowest BCUT2D eigenvalue weighted by Crippen LogP contribution is -2.37. The summed E-state index contributed by atoms with van der Waals surface area (Å²) in [6, 6.07) is 0. The minimum atomic E-state index is 1.08. The molecule has 1 aliphatic rings. The van der Waals surface area contributed by atoms with Gasteiger partial charge in [-0.05, 0) is 32.5 Å². The molecule has 1 fully saturated rings. The maximum absolute atomic E-state index is 3.57. The Morgan fingerprint density at radius 1 is 0.556 bits per heavy atom. The molecule has 0 amide bonds. The fourth-order valence-corrected chi connectivity index (χ4v) is 4.09. The van der Waals surface area contributed by atoms with E-state index < -0.39 is 0 Å². The Kier molecular flexibility index (Phi) is 19.0. The maximum atomic E-state index is 3.57. The molecular weight excluding hydrogens is 330 g/mol. The van der Waals surface area contributed by atoms with E-state index in [1.54, 1.807) is 0 Å². The third kappa shape index (κ3) is 17.7. The first-order valence-corrected chi connectivity index (χ1v) is 12.6. The van der Waals surface area contributed by atoms with E-state index in [1.807, 2.05) is 0 Å². The highest BCUT2D eigenvalue weighted by molar-refractivity contribution is 4.63. The van der Waals surface area contributed by atoms with Crippen molar-refractivity contribution in [2.75, 3.05) is 39.4 Å². The molecular formula is C24H51N3. The topological polar surface area (TPSA) is 27.3 Å². The molecule has 0 aromatic carbocycles. The second-order valence-corrected chi connectivity index (χ2v) is 8.68. The van der Waals surface area contributed by atoms with Gasteiger partial charge in [-0.15, -0.1) is 0 Å². The van der Waals surface area contributed by atoms with Crippen LogP contribution < -0.4 is 10.6 Å². The molecule has 2 N–H and O–H groups in total. The Hall–Kier alpha value is -0.120. The van der Waals surface area contributed by atoms with Crippen LogP contribution in [0.4, 0.5) is 0 Å². The summed E-state index contributed by atoms with van der Waals surface area (Å²) >= 11 is 0. The van der Waals surface area contributed by atoms with E-state index in [0.29, 0.717) is 0 Å². The van der Waals surface area contributed by atoms with Crippen LogP contribution in [0.5, 0.6) is 0 Å². The molecule has 0 atom stereocenters. The van der Waals surface area contributed by atoms with Gasteiger partial charge in [-0.3, -0.25) is 4.90 Å². The number of nitrogens with zero attached hydrogens (tertiary/aromatic N) is 1. The Morgan fingerprint density at radius 2 is 1.04 bits per heavy atom. The van der Waals surface area contributed by atoms with Crippen LogP contribution in [0.15, 0.2) is 0 Å². The summed E-state index contributed by atoms with van der Waals surface area (Å²) in [7, 11) is 0. The first-order valence-electron chi connectivity index (χ1n) is 12.6. The van der Waals surface area contributed by atoms with Crippen LogP contribution in [-0.4, -0.2) is 44.3 Å². The molecule has 1 heterocycles. The van der Waals surface area contributed by atoms with E-state index in [1.165, 1.54) is 129 Å². The van der Waals surface area contributed by atoms with Gasteiger partial charge in [0.1, 0.15) is 0 Å². The Balaban J connectivity index is 1.75. The average molecular weight is 382 g/mol. The second-order valence-electron chi connectivity index (χ2n) is 8.68. The second kappa shape index (κ2) is 20.6. The maximum Gasteiger partial charge on any atom is 0.0480 e. The van der Waals surface area contributed by atoms with Gasteiger partial charge in [-0.25, -0.2) is 0 Å². The van der Waals surface area contributed by atoms with Crippen molar-refractivity contribution in [1.29, 1.82) is 0 Å². The minimum absolute atomic E-state index is 1.08. The Bertz CT molecular complexity index is 273. The highest BCUT2D eigenvalue weighted by Gasteiger charge is 2.05. The van der Waals surface area contributed by atoms with Crippen LogP contribution in [0, 0.1) is 0 Å². The van der Waals surface area contributed by atoms with Crippen molar-refractivity contribution < 1.29 is 0 Å². The number of nitrogens with one attached hydrogen (secondary N) is 2. The first kappa shape index (κ1) is 24.9. The van der Waals surface area contributed by atoms with Crippen molar-refractivity contribution in [3.63, 3.8) is 0 Å². The monoisotopic (exact) mass is 381 g/mol. The van der Waals surface area contributed by atoms with Gasteiger partial charge >= 0.3 is 0 Å². The molecule has 0 spiro atoms. The number of rotatable bonds is 17. The fourth-order valence-electron chi connectivity index (χ4n) is 4.09. The quantitative estimate of drug-likeness (QED) is 0.298. The van der Waals surface area contributed by atoms with Crippen molar-refractivity contribution in [2.45, 2.75) is 116 Å². The largest absolute Gasteiger partial charge is 0.315 e. The van der Waals surface area contributed by atoms with Gasteiger partial charge in [-0.2, -0.15) is 0 Å². The van der Waals surface area contributed by atoms with E-state index >= 15 is 0 Å². The molecule has 1 aliphatic heterocycles. The zero-order valence-electron chi connectivity index (χ0n) is 18.7. The molecule has 1 saturated heterocycles. The Morgan fingerprint density at radius 3 is 1.59 bits per heavy atom. The Labute approximate surface area is 171 Å². The van der Waals surface area contributed by atoms with Crippen molar-refractivity contribution in [3.05, 3.63) is 0 Å². The highest BCUT2D eigenvalue weighted by atomic mass is 15.2. The predicted molar refractivity (Wildman–Crippen MR) is 121 cm³/mol. The number of unbranched alkanes of at least 4 members (excludes halogenated alkanes) is 15. The lowest BCUT2D eigenvalue weighted by atomic mass is 10.0. The van der Waals surface area contributed by atoms with Gasteiger partial charge in [0.05, 0.1) is 0 Å². The van der Waals surface area contributed by atoms with E-state index in [4.69, 9.17) is 0 Å². The smallest absolute Gasteiger partial charge is 0.0480 e. The molecule has 0 aromatic rings. The van der Waals surface area contributed by atoms with Crippen molar-refractivity contribution in [3.8, 4) is 0 Å². The third-order valence-corrected chi connectivity index (χ3v) is 5.98. The standard InChI is InChI=1S/C24H51N3/c1-2-3-4-5-6-7-8-9-10-11-12-13-14-15-16-17-22-27-23-21-25-19-18-20-26-24-27/h25-26H,2-24H2,1H3. The summed E-state index contributed by atoms with van der Waals surface area (Å²) < 4.78 is 0. The van der Waals surface area contributed by atoms with Crippen molar-refractivity contribution in [2.24, 2.45) is 0 Å². The van der Waals surface area contributed by atoms with Gasteiger partial charge in [0.2, 0.25) is 0 Å². The summed E-state index contributed by atoms with van der Waals surface area (Å²) in [5.74, 6) is 0. The summed E-state index contributed by atoms with van der Waals surface area (Å²) in [4.78, 5) is 2.59. The lowest BCUT2D eigenvalue weighted by Gasteiger charge is -2.21. The molecule has 162 valence electrons. The highest BCUT2D eigenvalue weighted by Crippen LogP contribution is 2.13. The summed E-state index contributed by atoms with van der Waals surface area (Å²) in [5, 5.41) is 7.10. The summed E-state index contributed by atoms with van der Waals surface area (Å²) in [6.07, 6.45) is 24.5. The third-order valence-electron chi connectivity index (χ3n) is 5.98. The molecule has 3 nitrogen and oxygen atoms in total. The van der Waals surface area contributed by atoms with Crippen LogP contribution in [0.3, 0.4) is 0 Å². The summed E-state index contributed by atoms with van der Waals surface area (Å²) in [5.41, 5.74) is 0.